The molecule has 3 rings (SSSR count). The molecule has 0 amide bonds. The van der Waals surface area contributed by atoms with E-state index >= 15 is 0 Å². The quantitative estimate of drug-likeness (QED) is 0.377. The fourth-order valence-corrected chi connectivity index (χ4v) is 3.25. The molecule has 0 unspecified atom stereocenters. The summed E-state index contributed by atoms with van der Waals surface area (Å²) in [5, 5.41) is 21.9. The molecule has 0 aliphatic heterocycles. The van der Waals surface area contributed by atoms with Crippen LogP contribution in [0.3, 0.4) is 0 Å². The van der Waals surface area contributed by atoms with Gasteiger partial charge >= 0.3 is 5.97 Å². The lowest BCUT2D eigenvalue weighted by Crippen LogP contribution is -2.10. The number of hydrogen-bond acceptors (Lipinski definition) is 5. The summed E-state index contributed by atoms with van der Waals surface area (Å²) in [5.41, 5.74) is 2.10. The number of rotatable bonds is 6. The molecule has 0 radical (unpaired) electrons. The van der Waals surface area contributed by atoms with Gasteiger partial charge in [-0.15, -0.1) is 12.6 Å². The second-order valence-electron chi connectivity index (χ2n) is 6.48. The highest BCUT2D eigenvalue weighted by Crippen LogP contribution is 2.32. The van der Waals surface area contributed by atoms with Crippen molar-refractivity contribution in [2.24, 2.45) is 0 Å². The predicted octanol–water partition coefficient (Wildman–Crippen LogP) is 5.83. The van der Waals surface area contributed by atoms with Crippen molar-refractivity contribution in [2.45, 2.75) is 11.4 Å². The Hall–Kier alpha value is -2.76. The Labute approximate surface area is 200 Å². The van der Waals surface area contributed by atoms with E-state index in [0.717, 1.165) is 16.5 Å². The SMILES string of the molecule is CNCc1ccc(OCC(=O)O)c(-c2cc(F)cc(C#N)c2)c1.Sc1ccc(Cl)c(Cl)c1. The number of carboxylic acid groups (broad SMARTS) is 1. The number of nitrogens with one attached hydrogen (secondary N) is 1. The first-order chi connectivity index (χ1) is 15.2. The smallest absolute Gasteiger partial charge is 0.341 e. The molecule has 9 heteroatoms. The van der Waals surface area contributed by atoms with Crippen molar-refractivity contribution < 1.29 is 19.0 Å². The number of carbonyl (C=O) groups is 1. The Morgan fingerprint density at radius 1 is 1.16 bits per heavy atom. The Balaban J connectivity index is 0.000000336. The molecule has 0 spiro atoms. The molecule has 0 fully saturated rings. The van der Waals surface area contributed by atoms with Crippen LogP contribution in [0.1, 0.15) is 11.1 Å². The van der Waals surface area contributed by atoms with Crippen molar-refractivity contribution in [3.8, 4) is 22.9 Å². The largest absolute Gasteiger partial charge is 0.481 e. The number of thiol groups is 1. The fraction of sp³-hybridized carbons (Fsp3) is 0.130. The molecule has 3 aromatic carbocycles. The molecule has 2 N–H and O–H groups in total. The Bertz CT molecular complexity index is 1150. The van der Waals surface area contributed by atoms with Crippen molar-refractivity contribution in [1.82, 2.24) is 5.32 Å². The van der Waals surface area contributed by atoms with E-state index in [0.29, 0.717) is 33.5 Å². The number of halogens is 3. The first-order valence-corrected chi connectivity index (χ1v) is 10.4. The molecule has 0 atom stereocenters. The lowest BCUT2D eigenvalue weighted by atomic mass is 10.00. The molecule has 5 nitrogen and oxygen atoms in total. The minimum Gasteiger partial charge on any atom is -0.481 e. The van der Waals surface area contributed by atoms with Crippen LogP contribution in [0, 0.1) is 17.1 Å². The number of aliphatic carboxylic acids is 1. The summed E-state index contributed by atoms with van der Waals surface area (Å²) in [7, 11) is 1.80. The number of benzene rings is 3. The molecule has 0 aromatic heterocycles. The maximum atomic E-state index is 13.7. The predicted molar refractivity (Wildman–Crippen MR) is 126 cm³/mol. The highest BCUT2D eigenvalue weighted by molar-refractivity contribution is 7.80. The van der Waals surface area contributed by atoms with Crippen LogP contribution in [0.2, 0.25) is 10.0 Å². The van der Waals surface area contributed by atoms with E-state index in [4.69, 9.17) is 38.3 Å². The van der Waals surface area contributed by atoms with Gasteiger partial charge in [-0.2, -0.15) is 5.26 Å². The van der Waals surface area contributed by atoms with E-state index in [1.807, 2.05) is 6.07 Å². The number of hydrogen-bond donors (Lipinski definition) is 3. The van der Waals surface area contributed by atoms with Gasteiger partial charge in [0.15, 0.2) is 6.61 Å². The van der Waals surface area contributed by atoms with Crippen LogP contribution in [0.5, 0.6) is 5.75 Å². The molecule has 0 heterocycles. The van der Waals surface area contributed by atoms with E-state index in [2.05, 4.69) is 17.9 Å². The van der Waals surface area contributed by atoms with Gasteiger partial charge in [0.05, 0.1) is 21.7 Å². The summed E-state index contributed by atoms with van der Waals surface area (Å²) in [6.07, 6.45) is 0. The van der Waals surface area contributed by atoms with Gasteiger partial charge in [0.25, 0.3) is 0 Å². The molecule has 166 valence electrons. The Morgan fingerprint density at radius 3 is 2.50 bits per heavy atom. The molecule has 0 aliphatic carbocycles. The molecule has 32 heavy (non-hydrogen) atoms. The van der Waals surface area contributed by atoms with Crippen molar-refractivity contribution in [3.05, 3.63) is 81.6 Å². The average molecular weight is 493 g/mol. The number of ether oxygens (including phenoxy) is 1. The monoisotopic (exact) mass is 492 g/mol. The van der Waals surface area contributed by atoms with E-state index in [1.165, 1.54) is 12.1 Å². The lowest BCUT2D eigenvalue weighted by Gasteiger charge is -2.13. The summed E-state index contributed by atoms with van der Waals surface area (Å²) >= 11 is 15.3. The van der Waals surface area contributed by atoms with Crippen molar-refractivity contribution in [2.75, 3.05) is 13.7 Å². The van der Waals surface area contributed by atoms with Crippen molar-refractivity contribution in [3.63, 3.8) is 0 Å². The molecule has 0 aliphatic rings. The molecule has 0 saturated carbocycles. The van der Waals surface area contributed by atoms with Crippen LogP contribution in [-0.4, -0.2) is 24.7 Å². The van der Waals surface area contributed by atoms with Gasteiger partial charge in [-0.1, -0.05) is 29.3 Å². The first kappa shape index (κ1) is 25.5. The zero-order valence-corrected chi connectivity index (χ0v) is 19.3. The van der Waals surface area contributed by atoms with E-state index in [-0.39, 0.29) is 5.56 Å². The van der Waals surface area contributed by atoms with Crippen molar-refractivity contribution >= 4 is 41.8 Å². The molecule has 0 saturated heterocycles. The highest BCUT2D eigenvalue weighted by atomic mass is 35.5. The van der Waals surface area contributed by atoms with Crippen LogP contribution in [0.4, 0.5) is 4.39 Å². The average Bonchev–Trinajstić information content (AvgIpc) is 2.75. The standard InChI is InChI=1S/C17H15FN2O3.C6H4Cl2S/c1-20-9-11-2-3-16(23-10-17(21)22)15(6-11)13-4-12(8-19)5-14(18)7-13;7-5-2-1-4(9)3-6(5)8/h2-7,20H,9-10H2,1H3,(H,21,22);1-3,9H. The zero-order valence-electron chi connectivity index (χ0n) is 16.9. The molecule has 3 aromatic rings. The first-order valence-electron chi connectivity index (χ1n) is 9.20. The number of nitriles is 1. The maximum Gasteiger partial charge on any atom is 0.341 e. The van der Waals surface area contributed by atoms with Crippen molar-refractivity contribution in [1.29, 1.82) is 5.26 Å². The molecular formula is C23H19Cl2FN2O3S. The third-order valence-corrected chi connectivity index (χ3v) is 5.03. The minimum atomic E-state index is -1.10. The maximum absolute atomic E-state index is 13.7. The van der Waals surface area contributed by atoms with Gasteiger partial charge in [0.1, 0.15) is 11.6 Å². The topological polar surface area (TPSA) is 82.3 Å². The van der Waals surface area contributed by atoms with E-state index in [1.54, 1.807) is 43.4 Å². The third-order valence-electron chi connectivity index (χ3n) is 4.02. The summed E-state index contributed by atoms with van der Waals surface area (Å²) in [6.45, 7) is 0.0887. The van der Waals surface area contributed by atoms with Gasteiger partial charge in [0, 0.05) is 17.0 Å². The lowest BCUT2D eigenvalue weighted by molar-refractivity contribution is -0.139. The Morgan fingerprint density at radius 2 is 1.91 bits per heavy atom. The van der Waals surface area contributed by atoms with Crippen LogP contribution in [-0.2, 0) is 11.3 Å². The number of carboxylic acids is 1. The second kappa shape index (κ2) is 12.3. The number of nitrogens with zero attached hydrogens (tertiary/aromatic N) is 1. The van der Waals surface area contributed by atoms with Crippen LogP contribution in [0.25, 0.3) is 11.1 Å². The summed E-state index contributed by atoms with van der Waals surface area (Å²) < 4.78 is 19.0. The zero-order chi connectivity index (χ0) is 23.7. The van der Waals surface area contributed by atoms with E-state index in [9.17, 15) is 9.18 Å². The van der Waals surface area contributed by atoms with Gasteiger partial charge in [0.2, 0.25) is 0 Å². The van der Waals surface area contributed by atoms with E-state index < -0.39 is 18.4 Å². The summed E-state index contributed by atoms with van der Waals surface area (Å²) in [4.78, 5) is 11.5. The van der Waals surface area contributed by atoms with Crippen LogP contribution in [0.15, 0.2) is 59.5 Å². The van der Waals surface area contributed by atoms with Crippen LogP contribution >= 0.6 is 35.8 Å². The minimum absolute atomic E-state index is 0.184. The van der Waals surface area contributed by atoms with Gasteiger partial charge in [-0.25, -0.2) is 9.18 Å². The normalized spacial score (nSPS) is 10.0. The van der Waals surface area contributed by atoms with Gasteiger partial charge < -0.3 is 15.2 Å². The summed E-state index contributed by atoms with van der Waals surface area (Å²) in [5.74, 6) is -1.32. The third kappa shape index (κ3) is 7.74. The second-order valence-corrected chi connectivity index (χ2v) is 7.81. The van der Waals surface area contributed by atoms with Crippen LogP contribution < -0.4 is 10.1 Å². The Kier molecular flexibility index (Phi) is 9.82. The molecular weight excluding hydrogens is 474 g/mol. The fourth-order valence-electron chi connectivity index (χ4n) is 2.68. The van der Waals surface area contributed by atoms with Gasteiger partial charge in [-0.3, -0.25) is 0 Å². The summed E-state index contributed by atoms with van der Waals surface area (Å²) in [6, 6.07) is 16.3. The van der Waals surface area contributed by atoms with Gasteiger partial charge in [-0.05, 0) is 66.7 Å². The highest BCUT2D eigenvalue weighted by Gasteiger charge is 2.12. The molecule has 0 bridgehead atoms.